The molecule has 0 bridgehead atoms. The molecule has 33 heavy (non-hydrogen) atoms. The van der Waals surface area contributed by atoms with Gasteiger partial charge in [-0.15, -0.1) is 16.4 Å². The molecule has 0 aliphatic heterocycles. The average molecular weight is 499 g/mol. The van der Waals surface area contributed by atoms with E-state index < -0.39 is 22.9 Å². The Morgan fingerprint density at radius 3 is 2.76 bits per heavy atom. The van der Waals surface area contributed by atoms with Crippen LogP contribution in [-0.2, 0) is 28.7 Å². The van der Waals surface area contributed by atoms with Crippen molar-refractivity contribution in [1.82, 2.24) is 25.3 Å². The molecular weight excluding hydrogens is 477 g/mol. The van der Waals surface area contributed by atoms with Gasteiger partial charge in [-0.05, 0) is 26.0 Å². The van der Waals surface area contributed by atoms with Gasteiger partial charge in [0.2, 0.25) is 11.8 Å². The summed E-state index contributed by atoms with van der Waals surface area (Å²) in [5.41, 5.74) is 5.67. The number of hydrogen-bond acceptors (Lipinski definition) is 7. The van der Waals surface area contributed by atoms with Crippen molar-refractivity contribution in [2.75, 3.05) is 0 Å². The minimum Gasteiger partial charge on any atom is -0.369 e. The quantitative estimate of drug-likeness (QED) is 0.438. The third-order valence-electron chi connectivity index (χ3n) is 4.44. The Balaban J connectivity index is 1.54. The number of thiazole rings is 1. The molecule has 13 heteroatoms. The highest BCUT2D eigenvalue weighted by Crippen LogP contribution is 2.31. The largest absolute Gasteiger partial charge is 0.416 e. The van der Waals surface area contributed by atoms with Crippen LogP contribution in [0.25, 0.3) is 11.3 Å². The van der Waals surface area contributed by atoms with E-state index >= 15 is 0 Å². The molecule has 2 aromatic heterocycles. The first-order valence-corrected chi connectivity index (χ1v) is 11.5. The predicted molar refractivity (Wildman–Crippen MR) is 118 cm³/mol. The minimum absolute atomic E-state index is 0.0686. The highest BCUT2D eigenvalue weighted by molar-refractivity contribution is 8.02. The first-order valence-electron chi connectivity index (χ1n) is 9.78. The van der Waals surface area contributed by atoms with E-state index in [0.29, 0.717) is 21.3 Å². The van der Waals surface area contributed by atoms with E-state index in [1.54, 1.807) is 19.2 Å². The number of aromatic nitrogens is 4. The number of primary amides is 1. The van der Waals surface area contributed by atoms with E-state index in [0.717, 1.165) is 12.1 Å². The van der Waals surface area contributed by atoms with E-state index in [9.17, 15) is 22.8 Å². The second-order valence-electron chi connectivity index (χ2n) is 7.32. The molecule has 2 amide bonds. The van der Waals surface area contributed by atoms with Gasteiger partial charge < -0.3 is 11.1 Å². The minimum atomic E-state index is -4.44. The lowest BCUT2D eigenvalue weighted by atomic mass is 10.1. The molecule has 0 radical (unpaired) electrons. The van der Waals surface area contributed by atoms with Crippen molar-refractivity contribution >= 4 is 34.9 Å². The summed E-state index contributed by atoms with van der Waals surface area (Å²) < 4.78 is 40.9. The lowest BCUT2D eigenvalue weighted by Gasteiger charge is -2.13. The van der Waals surface area contributed by atoms with Crippen molar-refractivity contribution in [3.63, 3.8) is 0 Å². The summed E-state index contributed by atoms with van der Waals surface area (Å²) in [5.74, 6) is -0.682. The molecule has 2 heterocycles. The van der Waals surface area contributed by atoms with Gasteiger partial charge >= 0.3 is 6.18 Å². The monoisotopic (exact) mass is 498 g/mol. The zero-order valence-electron chi connectivity index (χ0n) is 17.7. The lowest BCUT2D eigenvalue weighted by Crippen LogP contribution is -2.36. The van der Waals surface area contributed by atoms with Crippen molar-refractivity contribution in [3.8, 4) is 11.3 Å². The number of rotatable bonds is 9. The predicted octanol–water partition coefficient (Wildman–Crippen LogP) is 3.13. The van der Waals surface area contributed by atoms with E-state index in [1.165, 1.54) is 46.1 Å². The van der Waals surface area contributed by atoms with Gasteiger partial charge in [-0.1, -0.05) is 29.1 Å². The Morgan fingerprint density at radius 2 is 2.06 bits per heavy atom. The van der Waals surface area contributed by atoms with Crippen LogP contribution in [0.1, 0.15) is 25.1 Å². The fraction of sp³-hybridized carbons (Fsp3) is 0.350. The van der Waals surface area contributed by atoms with Crippen molar-refractivity contribution in [3.05, 3.63) is 47.1 Å². The zero-order valence-corrected chi connectivity index (χ0v) is 19.3. The van der Waals surface area contributed by atoms with Gasteiger partial charge in [0.05, 0.1) is 35.7 Å². The molecule has 2 atom stereocenters. The molecule has 0 saturated heterocycles. The second kappa shape index (κ2) is 10.3. The van der Waals surface area contributed by atoms with Crippen LogP contribution in [-0.4, -0.2) is 43.1 Å². The summed E-state index contributed by atoms with van der Waals surface area (Å²) in [6.45, 7) is 3.75. The molecule has 3 rings (SSSR count). The number of carbonyl (C=O) groups is 2. The summed E-state index contributed by atoms with van der Waals surface area (Å²) in [6, 6.07) is 4.55. The van der Waals surface area contributed by atoms with Crippen LogP contribution in [0.4, 0.5) is 13.2 Å². The van der Waals surface area contributed by atoms with Crippen molar-refractivity contribution < 1.29 is 22.8 Å². The smallest absolute Gasteiger partial charge is 0.369 e. The van der Waals surface area contributed by atoms with Crippen LogP contribution in [0.2, 0.25) is 0 Å². The molecule has 0 spiro atoms. The third kappa shape index (κ3) is 7.02. The number of nitrogens with one attached hydrogen (secondary N) is 1. The highest BCUT2D eigenvalue weighted by Gasteiger charge is 2.30. The van der Waals surface area contributed by atoms with E-state index in [-0.39, 0.29) is 24.9 Å². The number of benzene rings is 1. The van der Waals surface area contributed by atoms with Gasteiger partial charge in [0, 0.05) is 17.0 Å². The molecule has 1 aromatic carbocycles. The van der Waals surface area contributed by atoms with Crippen molar-refractivity contribution in [1.29, 1.82) is 0 Å². The van der Waals surface area contributed by atoms with Crippen LogP contribution >= 0.6 is 23.1 Å². The maximum atomic E-state index is 12.9. The van der Waals surface area contributed by atoms with Gasteiger partial charge in [0.1, 0.15) is 5.69 Å². The number of nitrogens with two attached hydrogens (primary N) is 1. The third-order valence-corrected chi connectivity index (χ3v) is 6.58. The van der Waals surface area contributed by atoms with Gasteiger partial charge in [-0.25, -0.2) is 9.67 Å². The first kappa shape index (κ1) is 24.7. The number of carbonyl (C=O) groups excluding carboxylic acids is 2. The SMILES string of the molecule is CC(Sc1nc(CC(=O)N[C@H](C)Cn2cc(-c3cccc(C(F)(F)F)c3)nn2)cs1)C(N)=O. The standard InChI is InChI=1S/C20H21F3N6O2S2/c1-11(25-17(30)7-15-10-32-19(26-15)33-12(2)18(24)31)8-29-9-16(27-28-29)13-4-3-5-14(6-13)20(21,22)23/h3-6,9-12H,7-8H2,1-2H3,(H2,24,31)(H,25,30)/t11-,12?/m1/s1. The fourth-order valence-electron chi connectivity index (χ4n) is 2.82. The number of halogens is 3. The molecule has 0 saturated carbocycles. The Bertz CT molecular complexity index is 1130. The van der Waals surface area contributed by atoms with Crippen LogP contribution < -0.4 is 11.1 Å². The lowest BCUT2D eigenvalue weighted by molar-refractivity contribution is -0.137. The van der Waals surface area contributed by atoms with Crippen LogP contribution in [0.15, 0.2) is 40.2 Å². The molecule has 0 aliphatic rings. The number of alkyl halides is 3. The van der Waals surface area contributed by atoms with Crippen LogP contribution in [0.3, 0.4) is 0 Å². The van der Waals surface area contributed by atoms with Crippen LogP contribution in [0, 0.1) is 0 Å². The number of thioether (sulfide) groups is 1. The summed E-state index contributed by atoms with van der Waals surface area (Å²) in [6.07, 6.45) is -2.84. The fourth-order valence-corrected chi connectivity index (χ4v) is 4.76. The summed E-state index contributed by atoms with van der Waals surface area (Å²) in [5, 5.41) is 12.0. The number of amides is 2. The van der Waals surface area contributed by atoms with Gasteiger partial charge in [-0.2, -0.15) is 13.2 Å². The molecule has 0 aliphatic carbocycles. The van der Waals surface area contributed by atoms with E-state index in [4.69, 9.17) is 5.73 Å². The number of nitrogens with zero attached hydrogens (tertiary/aromatic N) is 4. The zero-order chi connectivity index (χ0) is 24.2. The molecule has 1 unspecified atom stereocenters. The molecule has 3 aromatic rings. The topological polar surface area (TPSA) is 116 Å². The average Bonchev–Trinajstić information content (AvgIpc) is 3.36. The highest BCUT2D eigenvalue weighted by atomic mass is 32.2. The van der Waals surface area contributed by atoms with Gasteiger partial charge in [0.25, 0.3) is 0 Å². The first-order chi connectivity index (χ1) is 15.5. The molecular formula is C20H21F3N6O2S2. The Hall–Kier alpha value is -2.93. The Labute approximate surface area is 195 Å². The van der Waals surface area contributed by atoms with Gasteiger partial charge in [0.15, 0.2) is 4.34 Å². The van der Waals surface area contributed by atoms with E-state index in [2.05, 4.69) is 20.6 Å². The summed E-state index contributed by atoms with van der Waals surface area (Å²) in [7, 11) is 0. The normalized spacial score (nSPS) is 13.5. The maximum Gasteiger partial charge on any atom is 0.416 e. The van der Waals surface area contributed by atoms with Gasteiger partial charge in [-0.3, -0.25) is 9.59 Å². The summed E-state index contributed by atoms with van der Waals surface area (Å²) in [4.78, 5) is 27.8. The van der Waals surface area contributed by atoms with Crippen molar-refractivity contribution in [2.45, 2.75) is 48.6 Å². The van der Waals surface area contributed by atoms with Crippen molar-refractivity contribution in [2.24, 2.45) is 5.73 Å². The van der Waals surface area contributed by atoms with Crippen LogP contribution in [0.5, 0.6) is 0 Å². The molecule has 0 fully saturated rings. The molecule has 176 valence electrons. The molecule has 3 N–H and O–H groups in total. The maximum absolute atomic E-state index is 12.9. The van der Waals surface area contributed by atoms with E-state index in [1.807, 2.05) is 0 Å². The Kier molecular flexibility index (Phi) is 7.74. The number of hydrogen-bond donors (Lipinski definition) is 2. The second-order valence-corrected chi connectivity index (χ2v) is 9.76. The Morgan fingerprint density at radius 1 is 1.30 bits per heavy atom. The molecule has 8 nitrogen and oxygen atoms in total. The summed E-state index contributed by atoms with van der Waals surface area (Å²) >= 11 is 2.57.